The van der Waals surface area contributed by atoms with Gasteiger partial charge in [-0.1, -0.05) is 0 Å². The Labute approximate surface area is 117 Å². The van der Waals surface area contributed by atoms with Crippen molar-refractivity contribution in [2.75, 3.05) is 18.2 Å². The number of nitrogen functional groups attached to an aromatic ring is 1. The number of hydrogen-bond donors (Lipinski definition) is 2. The van der Waals surface area contributed by atoms with Crippen LogP contribution in [0.3, 0.4) is 0 Å². The third-order valence-electron chi connectivity index (χ3n) is 3.44. The topological polar surface area (TPSA) is 69.3 Å². The molecule has 1 aliphatic carbocycles. The highest BCUT2D eigenvalue weighted by Crippen LogP contribution is 2.36. The third-order valence-corrected chi connectivity index (χ3v) is 3.44. The van der Waals surface area contributed by atoms with E-state index in [2.05, 4.69) is 5.32 Å². The van der Waals surface area contributed by atoms with E-state index in [0.717, 1.165) is 12.8 Å². The minimum absolute atomic E-state index is 0.117. The molecule has 0 unspecified atom stereocenters. The fourth-order valence-electron chi connectivity index (χ4n) is 2.24. The Morgan fingerprint density at radius 1 is 1.40 bits per heavy atom. The molecule has 0 radical (unpaired) electrons. The molecule has 0 saturated heterocycles. The molecule has 5 nitrogen and oxygen atoms in total. The van der Waals surface area contributed by atoms with E-state index in [9.17, 15) is 4.79 Å². The molecule has 0 atom stereocenters. The fourth-order valence-corrected chi connectivity index (χ4v) is 2.24. The van der Waals surface area contributed by atoms with Crippen LogP contribution in [0.1, 0.15) is 29.4 Å². The summed E-state index contributed by atoms with van der Waals surface area (Å²) in [6, 6.07) is 9.41. The van der Waals surface area contributed by atoms with Crippen LogP contribution in [-0.4, -0.2) is 17.6 Å². The van der Waals surface area contributed by atoms with Gasteiger partial charge in [-0.2, -0.15) is 0 Å². The fraction of sp³-hybridized carbons (Fsp3) is 0.267. The van der Waals surface area contributed by atoms with Gasteiger partial charge in [0.15, 0.2) is 0 Å². The number of carbonyl (C=O) groups is 1. The standard InChI is InChI=1S/C15H17N3O2/c1-20-14-9-10(4-7-12(14)16)17-15(19)13-3-2-8-18(13)11-5-6-11/h2-4,7-9,11H,5-6,16H2,1H3,(H,17,19). The van der Waals surface area contributed by atoms with E-state index in [-0.39, 0.29) is 5.91 Å². The summed E-state index contributed by atoms with van der Waals surface area (Å²) in [5, 5.41) is 2.87. The number of nitrogens with one attached hydrogen (secondary N) is 1. The molecule has 3 N–H and O–H groups in total. The summed E-state index contributed by atoms with van der Waals surface area (Å²) < 4.78 is 7.18. The number of anilines is 2. The highest BCUT2D eigenvalue weighted by Gasteiger charge is 2.26. The second-order valence-corrected chi connectivity index (χ2v) is 4.94. The third kappa shape index (κ3) is 2.34. The van der Waals surface area contributed by atoms with Gasteiger partial charge in [-0.25, -0.2) is 0 Å². The summed E-state index contributed by atoms with van der Waals surface area (Å²) in [6.45, 7) is 0. The number of hydrogen-bond acceptors (Lipinski definition) is 3. The van der Waals surface area contributed by atoms with Gasteiger partial charge in [0.05, 0.1) is 12.8 Å². The summed E-state index contributed by atoms with van der Waals surface area (Å²) in [7, 11) is 1.55. The van der Waals surface area contributed by atoms with Crippen LogP contribution in [-0.2, 0) is 0 Å². The summed E-state index contributed by atoms with van der Waals surface area (Å²) >= 11 is 0. The first kappa shape index (κ1) is 12.6. The van der Waals surface area contributed by atoms with Crippen molar-refractivity contribution >= 4 is 17.3 Å². The second-order valence-electron chi connectivity index (χ2n) is 4.94. The lowest BCUT2D eigenvalue weighted by Gasteiger charge is -2.10. The molecular weight excluding hydrogens is 254 g/mol. The zero-order chi connectivity index (χ0) is 14.1. The van der Waals surface area contributed by atoms with Gasteiger partial charge in [-0.15, -0.1) is 0 Å². The van der Waals surface area contributed by atoms with Crippen LogP contribution >= 0.6 is 0 Å². The molecule has 1 aliphatic rings. The second kappa shape index (κ2) is 4.92. The molecule has 20 heavy (non-hydrogen) atoms. The molecular formula is C15H17N3O2. The first-order valence-electron chi connectivity index (χ1n) is 6.61. The van der Waals surface area contributed by atoms with Crippen LogP contribution < -0.4 is 15.8 Å². The van der Waals surface area contributed by atoms with Gasteiger partial charge in [0, 0.05) is 24.0 Å². The van der Waals surface area contributed by atoms with Gasteiger partial charge >= 0.3 is 0 Å². The maximum absolute atomic E-state index is 12.3. The van der Waals surface area contributed by atoms with E-state index in [1.54, 1.807) is 25.3 Å². The first-order chi connectivity index (χ1) is 9.69. The van der Waals surface area contributed by atoms with E-state index >= 15 is 0 Å². The number of amides is 1. The molecule has 0 spiro atoms. The normalized spacial score (nSPS) is 14.1. The van der Waals surface area contributed by atoms with Crippen molar-refractivity contribution in [2.45, 2.75) is 18.9 Å². The molecule has 0 aliphatic heterocycles. The highest BCUT2D eigenvalue weighted by atomic mass is 16.5. The molecule has 2 aromatic rings. The van der Waals surface area contributed by atoms with Crippen LogP contribution in [0, 0.1) is 0 Å². The van der Waals surface area contributed by atoms with Gasteiger partial charge in [0.2, 0.25) is 0 Å². The van der Waals surface area contributed by atoms with E-state index < -0.39 is 0 Å². The van der Waals surface area contributed by atoms with Crippen molar-refractivity contribution in [1.29, 1.82) is 0 Å². The predicted molar refractivity (Wildman–Crippen MR) is 78.1 cm³/mol. The average molecular weight is 271 g/mol. The minimum atomic E-state index is -0.117. The number of methoxy groups -OCH3 is 1. The number of aromatic nitrogens is 1. The lowest BCUT2D eigenvalue weighted by atomic mass is 10.2. The van der Waals surface area contributed by atoms with Crippen molar-refractivity contribution in [2.24, 2.45) is 0 Å². The van der Waals surface area contributed by atoms with Crippen molar-refractivity contribution in [1.82, 2.24) is 4.57 Å². The Hall–Kier alpha value is -2.43. The minimum Gasteiger partial charge on any atom is -0.495 e. The van der Waals surface area contributed by atoms with Crippen LogP contribution in [0.15, 0.2) is 36.5 Å². The molecule has 1 saturated carbocycles. The molecule has 1 fully saturated rings. The lowest BCUT2D eigenvalue weighted by Crippen LogP contribution is -2.16. The summed E-state index contributed by atoms with van der Waals surface area (Å²) in [4.78, 5) is 12.3. The van der Waals surface area contributed by atoms with Gasteiger partial charge in [-0.3, -0.25) is 4.79 Å². The summed E-state index contributed by atoms with van der Waals surface area (Å²) in [5.74, 6) is 0.439. The SMILES string of the molecule is COc1cc(NC(=O)c2cccn2C2CC2)ccc1N. The van der Waals surface area contributed by atoms with Gasteiger partial charge in [0.25, 0.3) is 5.91 Å². The van der Waals surface area contributed by atoms with E-state index in [1.165, 1.54) is 0 Å². The molecule has 104 valence electrons. The molecule has 3 rings (SSSR count). The van der Waals surface area contributed by atoms with E-state index in [4.69, 9.17) is 10.5 Å². The monoisotopic (exact) mass is 271 g/mol. The van der Waals surface area contributed by atoms with Crippen molar-refractivity contribution in [3.8, 4) is 5.75 Å². The Morgan fingerprint density at radius 3 is 2.90 bits per heavy atom. The number of ether oxygens (including phenoxy) is 1. The quantitative estimate of drug-likeness (QED) is 0.840. The van der Waals surface area contributed by atoms with Gasteiger partial charge in [0.1, 0.15) is 11.4 Å². The number of benzene rings is 1. The molecule has 5 heteroatoms. The summed E-state index contributed by atoms with van der Waals surface area (Å²) in [5.41, 5.74) is 7.66. The Morgan fingerprint density at radius 2 is 2.20 bits per heavy atom. The molecule has 0 bridgehead atoms. The van der Waals surface area contributed by atoms with E-state index in [1.807, 2.05) is 22.9 Å². The Bertz CT molecular complexity index is 644. The Kier molecular flexibility index (Phi) is 3.10. The zero-order valence-corrected chi connectivity index (χ0v) is 11.3. The number of nitrogens with zero attached hydrogens (tertiary/aromatic N) is 1. The predicted octanol–water partition coefficient (Wildman–Crippen LogP) is 2.67. The highest BCUT2D eigenvalue weighted by molar-refractivity contribution is 6.03. The zero-order valence-electron chi connectivity index (χ0n) is 11.3. The lowest BCUT2D eigenvalue weighted by molar-refractivity contribution is 0.101. The van der Waals surface area contributed by atoms with E-state index in [0.29, 0.717) is 28.9 Å². The molecule has 1 aromatic carbocycles. The molecule has 1 amide bonds. The smallest absolute Gasteiger partial charge is 0.272 e. The molecule has 1 aromatic heterocycles. The molecule has 1 heterocycles. The van der Waals surface area contributed by atoms with Crippen LogP contribution in [0.5, 0.6) is 5.75 Å². The van der Waals surface area contributed by atoms with Gasteiger partial charge < -0.3 is 20.4 Å². The van der Waals surface area contributed by atoms with Gasteiger partial charge in [-0.05, 0) is 37.1 Å². The number of carbonyl (C=O) groups excluding carboxylic acids is 1. The van der Waals surface area contributed by atoms with Crippen LogP contribution in [0.2, 0.25) is 0 Å². The van der Waals surface area contributed by atoms with Crippen LogP contribution in [0.25, 0.3) is 0 Å². The average Bonchev–Trinajstić information content (AvgIpc) is 3.18. The maximum atomic E-state index is 12.3. The van der Waals surface area contributed by atoms with Crippen molar-refractivity contribution < 1.29 is 9.53 Å². The summed E-state index contributed by atoms with van der Waals surface area (Å²) in [6.07, 6.45) is 4.24. The Balaban J connectivity index is 1.80. The first-order valence-corrected chi connectivity index (χ1v) is 6.61. The van der Waals surface area contributed by atoms with Crippen LogP contribution in [0.4, 0.5) is 11.4 Å². The number of nitrogens with two attached hydrogens (primary N) is 1. The maximum Gasteiger partial charge on any atom is 0.272 e. The van der Waals surface area contributed by atoms with Crippen molar-refractivity contribution in [3.63, 3.8) is 0 Å². The largest absolute Gasteiger partial charge is 0.495 e. The van der Waals surface area contributed by atoms with Crippen molar-refractivity contribution in [3.05, 3.63) is 42.2 Å². The number of rotatable bonds is 4.